The molecule has 1 aromatic heterocycles. The Bertz CT molecular complexity index is 268. The van der Waals surface area contributed by atoms with E-state index in [0.29, 0.717) is 11.5 Å². The molecule has 0 bridgehead atoms. The lowest BCUT2D eigenvalue weighted by atomic mass is 9.76. The zero-order chi connectivity index (χ0) is 9.31. The maximum Gasteiger partial charge on any atom is 0.0992 e. The molecule has 0 aliphatic carbocycles. The highest BCUT2D eigenvalue weighted by molar-refractivity contribution is 7.10. The van der Waals surface area contributed by atoms with Crippen LogP contribution in [0.3, 0.4) is 0 Å². The Balaban J connectivity index is 2.10. The molecule has 2 rings (SSSR count). The summed E-state index contributed by atoms with van der Waals surface area (Å²) < 4.78 is 5.65. The van der Waals surface area contributed by atoms with Crippen LogP contribution in [0.5, 0.6) is 0 Å². The van der Waals surface area contributed by atoms with Crippen LogP contribution in [0.15, 0.2) is 17.5 Å². The van der Waals surface area contributed by atoms with Gasteiger partial charge in [-0.1, -0.05) is 26.3 Å². The number of hydrogen-bond acceptors (Lipinski definition) is 2. The second-order valence-electron chi connectivity index (χ2n) is 4.11. The zero-order valence-electron chi connectivity index (χ0n) is 8.25. The number of thiophene rings is 1. The van der Waals surface area contributed by atoms with E-state index in [2.05, 4.69) is 31.4 Å². The van der Waals surface area contributed by atoms with Gasteiger partial charge in [-0.25, -0.2) is 0 Å². The monoisotopic (exact) mass is 196 g/mol. The highest BCUT2D eigenvalue weighted by Crippen LogP contribution is 2.50. The minimum atomic E-state index is 0.368. The molecule has 2 atom stereocenters. The van der Waals surface area contributed by atoms with Gasteiger partial charge in [0.25, 0.3) is 0 Å². The molecule has 2 heteroatoms. The third kappa shape index (κ3) is 1.53. The number of hydrogen-bond donors (Lipinski definition) is 0. The minimum absolute atomic E-state index is 0.368. The van der Waals surface area contributed by atoms with E-state index in [4.69, 9.17) is 4.74 Å². The maximum atomic E-state index is 5.65. The third-order valence-electron chi connectivity index (χ3n) is 2.84. The van der Waals surface area contributed by atoms with Gasteiger partial charge in [-0.2, -0.15) is 0 Å². The molecule has 0 radical (unpaired) electrons. The lowest BCUT2D eigenvalue weighted by molar-refractivity contribution is -0.183. The summed E-state index contributed by atoms with van der Waals surface area (Å²) in [5.74, 6) is 0. The summed E-state index contributed by atoms with van der Waals surface area (Å²) in [6.07, 6.45) is 2.89. The first-order valence-electron chi connectivity index (χ1n) is 4.91. The lowest BCUT2D eigenvalue weighted by Gasteiger charge is -2.46. The summed E-state index contributed by atoms with van der Waals surface area (Å²) >= 11 is 1.81. The summed E-state index contributed by atoms with van der Waals surface area (Å²) in [4.78, 5) is 1.39. The highest BCUT2D eigenvalue weighted by Gasteiger charge is 2.44. The van der Waals surface area contributed by atoms with Gasteiger partial charge in [0, 0.05) is 10.3 Å². The van der Waals surface area contributed by atoms with Crippen molar-refractivity contribution in [1.82, 2.24) is 0 Å². The van der Waals surface area contributed by atoms with Crippen molar-refractivity contribution in [1.29, 1.82) is 0 Å². The number of ether oxygens (including phenoxy) is 1. The molecule has 0 saturated carbocycles. The van der Waals surface area contributed by atoms with E-state index >= 15 is 0 Å². The van der Waals surface area contributed by atoms with Crippen LogP contribution >= 0.6 is 11.3 Å². The molecule has 0 N–H and O–H groups in total. The van der Waals surface area contributed by atoms with E-state index in [9.17, 15) is 0 Å². The Morgan fingerprint density at radius 3 is 3.00 bits per heavy atom. The van der Waals surface area contributed by atoms with Gasteiger partial charge in [-0.3, -0.25) is 0 Å². The van der Waals surface area contributed by atoms with Gasteiger partial charge in [0.05, 0.1) is 12.7 Å². The van der Waals surface area contributed by atoms with Crippen LogP contribution in [-0.4, -0.2) is 6.61 Å². The van der Waals surface area contributed by atoms with Crippen LogP contribution in [0, 0.1) is 5.41 Å². The highest BCUT2D eigenvalue weighted by atomic mass is 32.1. The maximum absolute atomic E-state index is 5.65. The first-order chi connectivity index (χ1) is 6.26. The predicted molar refractivity (Wildman–Crippen MR) is 56.0 cm³/mol. The van der Waals surface area contributed by atoms with Gasteiger partial charge in [0.2, 0.25) is 0 Å². The van der Waals surface area contributed by atoms with Crippen molar-refractivity contribution in [2.24, 2.45) is 5.41 Å². The quantitative estimate of drug-likeness (QED) is 0.717. The van der Waals surface area contributed by atoms with Crippen LogP contribution in [0.2, 0.25) is 0 Å². The summed E-state index contributed by atoms with van der Waals surface area (Å²) in [6.45, 7) is 5.52. The first kappa shape index (κ1) is 9.22. The SMILES string of the molecule is CCCC1(C)COC1c1cccs1. The fraction of sp³-hybridized carbons (Fsp3) is 0.636. The second-order valence-corrected chi connectivity index (χ2v) is 5.09. The molecular weight excluding hydrogens is 180 g/mol. The average Bonchev–Trinajstić information content (AvgIpc) is 2.56. The van der Waals surface area contributed by atoms with E-state index in [1.807, 2.05) is 11.3 Å². The Labute approximate surface area is 83.7 Å². The van der Waals surface area contributed by atoms with E-state index in [1.54, 1.807) is 0 Å². The topological polar surface area (TPSA) is 9.23 Å². The van der Waals surface area contributed by atoms with Gasteiger partial charge in [-0.15, -0.1) is 11.3 Å². The zero-order valence-corrected chi connectivity index (χ0v) is 9.06. The van der Waals surface area contributed by atoms with Crippen LogP contribution in [-0.2, 0) is 4.74 Å². The van der Waals surface area contributed by atoms with E-state index in [-0.39, 0.29) is 0 Å². The normalized spacial score (nSPS) is 32.9. The molecule has 0 amide bonds. The lowest BCUT2D eigenvalue weighted by Crippen LogP contribution is -2.42. The molecule has 0 spiro atoms. The smallest absolute Gasteiger partial charge is 0.0992 e. The van der Waals surface area contributed by atoms with Gasteiger partial charge in [0.1, 0.15) is 0 Å². The summed E-state index contributed by atoms with van der Waals surface area (Å²) in [5, 5.41) is 2.13. The van der Waals surface area contributed by atoms with Crippen LogP contribution in [0.1, 0.15) is 37.7 Å². The van der Waals surface area contributed by atoms with Crippen LogP contribution in [0.4, 0.5) is 0 Å². The average molecular weight is 196 g/mol. The molecule has 1 saturated heterocycles. The molecule has 1 aromatic rings. The van der Waals surface area contributed by atoms with Gasteiger partial charge >= 0.3 is 0 Å². The standard InChI is InChI=1S/C11H16OS/c1-3-6-11(2)8-12-10(11)9-5-4-7-13-9/h4-5,7,10H,3,6,8H2,1-2H3. The van der Waals surface area contributed by atoms with Gasteiger partial charge in [-0.05, 0) is 17.9 Å². The van der Waals surface area contributed by atoms with E-state index in [1.165, 1.54) is 17.7 Å². The van der Waals surface area contributed by atoms with Crippen molar-refractivity contribution in [2.75, 3.05) is 6.61 Å². The molecule has 1 fully saturated rings. The van der Waals surface area contributed by atoms with Crippen molar-refractivity contribution >= 4 is 11.3 Å². The Morgan fingerprint density at radius 2 is 2.54 bits per heavy atom. The molecule has 2 unspecified atom stereocenters. The van der Waals surface area contributed by atoms with Crippen LogP contribution < -0.4 is 0 Å². The fourth-order valence-corrected chi connectivity index (χ4v) is 3.04. The summed E-state index contributed by atoms with van der Waals surface area (Å²) in [6, 6.07) is 4.29. The molecule has 1 aliphatic heterocycles. The Hall–Kier alpha value is -0.340. The molecule has 2 heterocycles. The van der Waals surface area contributed by atoms with Crippen molar-refractivity contribution in [3.63, 3.8) is 0 Å². The largest absolute Gasteiger partial charge is 0.371 e. The van der Waals surface area contributed by atoms with Crippen molar-refractivity contribution in [3.8, 4) is 0 Å². The predicted octanol–water partition coefficient (Wildman–Crippen LogP) is 3.63. The third-order valence-corrected chi connectivity index (χ3v) is 3.75. The van der Waals surface area contributed by atoms with Crippen molar-refractivity contribution in [3.05, 3.63) is 22.4 Å². The molecule has 13 heavy (non-hydrogen) atoms. The van der Waals surface area contributed by atoms with Crippen LogP contribution in [0.25, 0.3) is 0 Å². The summed E-state index contributed by atoms with van der Waals surface area (Å²) in [7, 11) is 0. The second kappa shape index (κ2) is 3.43. The molecular formula is C11H16OS. The molecule has 1 nitrogen and oxygen atoms in total. The van der Waals surface area contributed by atoms with E-state index in [0.717, 1.165) is 6.61 Å². The van der Waals surface area contributed by atoms with Gasteiger partial charge in [0.15, 0.2) is 0 Å². The molecule has 1 aliphatic rings. The Kier molecular flexibility index (Phi) is 2.43. The molecule has 0 aromatic carbocycles. The van der Waals surface area contributed by atoms with Crippen molar-refractivity contribution in [2.45, 2.75) is 32.8 Å². The summed E-state index contributed by atoms with van der Waals surface area (Å²) in [5.41, 5.74) is 0.402. The van der Waals surface area contributed by atoms with Gasteiger partial charge < -0.3 is 4.74 Å². The fourth-order valence-electron chi connectivity index (χ4n) is 2.09. The van der Waals surface area contributed by atoms with Crippen molar-refractivity contribution < 1.29 is 4.74 Å². The number of rotatable bonds is 3. The first-order valence-corrected chi connectivity index (χ1v) is 5.79. The Morgan fingerprint density at radius 1 is 1.69 bits per heavy atom. The minimum Gasteiger partial charge on any atom is -0.371 e. The molecule has 72 valence electrons. The van der Waals surface area contributed by atoms with E-state index < -0.39 is 0 Å².